The molecule has 154 valence electrons. The number of carbonyl (C=O) groups excluding carboxylic acids is 1. The smallest absolute Gasteiger partial charge is 0.323 e. The van der Waals surface area contributed by atoms with Gasteiger partial charge in [0.05, 0.1) is 23.8 Å². The molecule has 1 aliphatic heterocycles. The van der Waals surface area contributed by atoms with Crippen molar-refractivity contribution in [2.45, 2.75) is 49.2 Å². The number of benzene rings is 2. The minimum absolute atomic E-state index is 0.000164. The van der Waals surface area contributed by atoms with Gasteiger partial charge in [-0.15, -0.1) is 11.8 Å². The third kappa shape index (κ3) is 4.64. The van der Waals surface area contributed by atoms with Crippen LogP contribution in [0.5, 0.6) is 5.75 Å². The van der Waals surface area contributed by atoms with Crippen LogP contribution in [0.3, 0.4) is 0 Å². The van der Waals surface area contributed by atoms with Crippen LogP contribution in [-0.4, -0.2) is 22.8 Å². The number of non-ortho nitro benzene ring substituents is 1. The van der Waals surface area contributed by atoms with Crippen LogP contribution < -0.4 is 15.4 Å². The summed E-state index contributed by atoms with van der Waals surface area (Å²) >= 11 is 1.86. The Morgan fingerprint density at radius 2 is 1.86 bits per heavy atom. The molecule has 2 aromatic carbocycles. The van der Waals surface area contributed by atoms with Crippen molar-refractivity contribution < 1.29 is 14.5 Å². The molecular weight excluding hydrogens is 390 g/mol. The Hall–Kier alpha value is -2.74. The van der Waals surface area contributed by atoms with E-state index in [1.807, 2.05) is 30.0 Å². The minimum Gasteiger partial charge on any atom is -0.494 e. The van der Waals surface area contributed by atoms with E-state index in [1.54, 1.807) is 0 Å². The third-order valence-electron chi connectivity index (χ3n) is 4.86. The average molecular weight is 416 g/mol. The molecule has 29 heavy (non-hydrogen) atoms. The van der Waals surface area contributed by atoms with Crippen LogP contribution in [0.15, 0.2) is 41.3 Å². The van der Waals surface area contributed by atoms with Crippen molar-refractivity contribution in [1.29, 1.82) is 0 Å². The number of anilines is 2. The second-order valence-corrected chi connectivity index (χ2v) is 10.1. The van der Waals surface area contributed by atoms with E-state index in [-0.39, 0.29) is 21.6 Å². The fraction of sp³-hybridized carbons (Fsp3) is 0.381. The molecule has 0 saturated heterocycles. The maximum Gasteiger partial charge on any atom is 0.323 e. The Bertz CT molecular complexity index is 972. The number of nitro benzene ring substituents is 1. The van der Waals surface area contributed by atoms with E-state index in [0.29, 0.717) is 11.4 Å². The normalized spacial score (nSPS) is 16.4. The van der Waals surface area contributed by atoms with Crippen LogP contribution in [0.2, 0.25) is 0 Å². The molecule has 2 amide bonds. The van der Waals surface area contributed by atoms with Crippen LogP contribution in [0, 0.1) is 10.1 Å². The van der Waals surface area contributed by atoms with Gasteiger partial charge in [-0.3, -0.25) is 10.1 Å². The zero-order chi connectivity index (χ0) is 21.4. The SMILES string of the molecule is COc1cc([N+](=O)[O-])ccc1NC(=O)Nc1ccc2c(c1)C(C)(C)CC(C)(C)S2. The summed E-state index contributed by atoms with van der Waals surface area (Å²) in [5.74, 6) is 0.222. The van der Waals surface area contributed by atoms with Gasteiger partial charge in [0.2, 0.25) is 0 Å². The second kappa shape index (κ2) is 7.59. The van der Waals surface area contributed by atoms with E-state index < -0.39 is 11.0 Å². The molecule has 0 saturated carbocycles. The summed E-state index contributed by atoms with van der Waals surface area (Å²) in [6.07, 6.45) is 1.04. The second-order valence-electron chi connectivity index (χ2n) is 8.35. The maximum absolute atomic E-state index is 12.5. The van der Waals surface area contributed by atoms with Gasteiger partial charge in [0, 0.05) is 21.4 Å². The van der Waals surface area contributed by atoms with Crippen molar-refractivity contribution in [2.75, 3.05) is 17.7 Å². The van der Waals surface area contributed by atoms with Gasteiger partial charge < -0.3 is 15.4 Å². The molecule has 0 aliphatic carbocycles. The van der Waals surface area contributed by atoms with Gasteiger partial charge in [-0.2, -0.15) is 0 Å². The van der Waals surface area contributed by atoms with Crippen LogP contribution in [0.25, 0.3) is 0 Å². The quantitative estimate of drug-likeness (QED) is 0.486. The number of ether oxygens (including phenoxy) is 1. The first-order chi connectivity index (χ1) is 13.5. The monoisotopic (exact) mass is 415 g/mol. The van der Waals surface area contributed by atoms with Gasteiger partial charge in [0.25, 0.3) is 5.69 Å². The molecule has 0 atom stereocenters. The van der Waals surface area contributed by atoms with Crippen LogP contribution in [0.1, 0.15) is 39.7 Å². The zero-order valence-corrected chi connectivity index (χ0v) is 18.0. The predicted molar refractivity (Wildman–Crippen MR) is 116 cm³/mol. The molecule has 0 radical (unpaired) electrons. The summed E-state index contributed by atoms with van der Waals surface area (Å²) in [5.41, 5.74) is 2.15. The molecule has 1 aliphatic rings. The van der Waals surface area contributed by atoms with Gasteiger partial charge in [-0.1, -0.05) is 27.7 Å². The highest BCUT2D eigenvalue weighted by Gasteiger charge is 2.38. The molecule has 2 N–H and O–H groups in total. The molecule has 7 nitrogen and oxygen atoms in total. The molecule has 0 unspecified atom stereocenters. The number of nitrogens with one attached hydrogen (secondary N) is 2. The highest BCUT2D eigenvalue weighted by atomic mass is 32.2. The summed E-state index contributed by atoms with van der Waals surface area (Å²) in [4.78, 5) is 24.1. The lowest BCUT2D eigenvalue weighted by molar-refractivity contribution is -0.384. The Labute approximate surface area is 174 Å². The van der Waals surface area contributed by atoms with E-state index in [1.165, 1.54) is 35.8 Å². The standard InChI is InChI=1S/C21H25N3O4S/c1-20(2)12-21(3,4)29-18-9-6-13(10-15(18)20)22-19(25)23-16-8-7-14(24(26)27)11-17(16)28-5/h6-11H,12H2,1-5H3,(H2,22,23,25). The first kappa shape index (κ1) is 21.0. The number of rotatable bonds is 4. The van der Waals surface area contributed by atoms with Crippen molar-refractivity contribution in [2.24, 2.45) is 0 Å². The minimum atomic E-state index is -0.513. The van der Waals surface area contributed by atoms with Gasteiger partial charge in [0.1, 0.15) is 5.75 Å². The van der Waals surface area contributed by atoms with Gasteiger partial charge in [0.15, 0.2) is 0 Å². The first-order valence-electron chi connectivity index (χ1n) is 9.25. The summed E-state index contributed by atoms with van der Waals surface area (Å²) in [5, 5.41) is 16.4. The molecule has 1 heterocycles. The molecule has 0 aromatic heterocycles. The Balaban J connectivity index is 1.78. The van der Waals surface area contributed by atoms with Gasteiger partial charge >= 0.3 is 6.03 Å². The maximum atomic E-state index is 12.5. The number of nitro groups is 1. The topological polar surface area (TPSA) is 93.5 Å². The number of hydrogen-bond donors (Lipinski definition) is 2. The van der Waals surface area contributed by atoms with Crippen LogP contribution in [-0.2, 0) is 5.41 Å². The third-order valence-corrected chi connectivity index (χ3v) is 6.14. The lowest BCUT2D eigenvalue weighted by atomic mass is 9.77. The van der Waals surface area contributed by atoms with Gasteiger partial charge in [-0.25, -0.2) is 4.79 Å². The van der Waals surface area contributed by atoms with Crippen LogP contribution in [0.4, 0.5) is 21.9 Å². The Morgan fingerprint density at radius 3 is 2.52 bits per heavy atom. The van der Waals surface area contributed by atoms with Crippen molar-refractivity contribution in [3.63, 3.8) is 0 Å². The summed E-state index contributed by atoms with van der Waals surface area (Å²) in [6.45, 7) is 8.94. The number of urea groups is 1. The highest BCUT2D eigenvalue weighted by Crippen LogP contribution is 2.51. The predicted octanol–water partition coefficient (Wildman–Crippen LogP) is 5.80. The summed E-state index contributed by atoms with van der Waals surface area (Å²) in [6, 6.07) is 9.55. The number of carbonyl (C=O) groups is 1. The van der Waals surface area contributed by atoms with Crippen molar-refractivity contribution >= 4 is 34.9 Å². The van der Waals surface area contributed by atoms with Gasteiger partial charge in [-0.05, 0) is 41.7 Å². The van der Waals surface area contributed by atoms with Crippen LogP contribution >= 0.6 is 11.8 Å². The van der Waals surface area contributed by atoms with E-state index in [4.69, 9.17) is 4.74 Å². The van der Waals surface area contributed by atoms with E-state index >= 15 is 0 Å². The van der Waals surface area contributed by atoms with E-state index in [2.05, 4.69) is 38.3 Å². The molecule has 0 bridgehead atoms. The average Bonchev–Trinajstić information content (AvgIpc) is 2.61. The Kier molecular flexibility index (Phi) is 5.49. The van der Waals surface area contributed by atoms with Crippen molar-refractivity contribution in [1.82, 2.24) is 0 Å². The number of nitrogens with zero attached hydrogens (tertiary/aromatic N) is 1. The number of amides is 2. The molecule has 0 fully saturated rings. The molecule has 8 heteroatoms. The highest BCUT2D eigenvalue weighted by molar-refractivity contribution is 8.00. The fourth-order valence-corrected chi connectivity index (χ4v) is 5.51. The largest absolute Gasteiger partial charge is 0.494 e. The molecule has 2 aromatic rings. The fourth-order valence-electron chi connectivity index (χ4n) is 3.90. The number of fused-ring (bicyclic) bond motifs is 1. The summed E-state index contributed by atoms with van der Waals surface area (Å²) < 4.78 is 5.32. The molecule has 3 rings (SSSR count). The molecular formula is C21H25N3O4S. The lowest BCUT2D eigenvalue weighted by Gasteiger charge is -2.41. The van der Waals surface area contributed by atoms with Crippen molar-refractivity contribution in [3.05, 3.63) is 52.1 Å². The Morgan fingerprint density at radius 1 is 1.14 bits per heavy atom. The van der Waals surface area contributed by atoms with Crippen molar-refractivity contribution in [3.8, 4) is 5.75 Å². The first-order valence-corrected chi connectivity index (χ1v) is 10.1. The lowest BCUT2D eigenvalue weighted by Crippen LogP contribution is -2.33. The molecule has 0 spiro atoms. The van der Waals surface area contributed by atoms with E-state index in [9.17, 15) is 14.9 Å². The van der Waals surface area contributed by atoms with E-state index in [0.717, 1.165) is 6.42 Å². The number of thioether (sulfide) groups is 1. The number of methoxy groups -OCH3 is 1. The number of hydrogen-bond acceptors (Lipinski definition) is 5. The summed E-state index contributed by atoms with van der Waals surface area (Å²) in [7, 11) is 1.40. The zero-order valence-electron chi connectivity index (χ0n) is 17.2.